The first-order valence-electron chi connectivity index (χ1n) is 6.11. The number of rotatable bonds is 5. The van der Waals surface area contributed by atoms with Gasteiger partial charge >= 0.3 is 12.0 Å². The number of carbonyl (C=O) groups is 2. The molecule has 20 heavy (non-hydrogen) atoms. The van der Waals surface area contributed by atoms with Crippen LogP contribution in [0.4, 0.5) is 19.3 Å². The van der Waals surface area contributed by atoms with E-state index in [1.807, 2.05) is 5.32 Å². The Kier molecular flexibility index (Phi) is 5.42. The molecule has 1 unspecified atom stereocenters. The molecule has 3 N–H and O–H groups in total. The van der Waals surface area contributed by atoms with Crippen molar-refractivity contribution in [1.29, 1.82) is 0 Å². The maximum Gasteiger partial charge on any atom is 0.326 e. The highest BCUT2D eigenvalue weighted by Crippen LogP contribution is 2.18. The van der Waals surface area contributed by atoms with E-state index in [0.29, 0.717) is 6.42 Å². The number of hydrogen-bond acceptors (Lipinski definition) is 2. The van der Waals surface area contributed by atoms with E-state index in [1.54, 1.807) is 13.8 Å². The molecule has 0 fully saturated rings. The van der Waals surface area contributed by atoms with Gasteiger partial charge in [0.15, 0.2) is 0 Å². The Labute approximate surface area is 115 Å². The van der Waals surface area contributed by atoms with Gasteiger partial charge in [-0.05, 0) is 18.1 Å². The summed E-state index contributed by atoms with van der Waals surface area (Å²) in [5, 5.41) is 13.2. The molecule has 1 rings (SSSR count). The highest BCUT2D eigenvalue weighted by atomic mass is 19.1. The number of anilines is 1. The average molecular weight is 286 g/mol. The van der Waals surface area contributed by atoms with Crippen molar-refractivity contribution in [3.05, 3.63) is 29.8 Å². The molecule has 0 saturated heterocycles. The molecule has 0 spiro atoms. The number of carbonyl (C=O) groups excluding carboxylic acids is 1. The van der Waals surface area contributed by atoms with Crippen LogP contribution in [-0.4, -0.2) is 23.1 Å². The first kappa shape index (κ1) is 15.9. The van der Waals surface area contributed by atoms with Crippen molar-refractivity contribution in [3.63, 3.8) is 0 Å². The standard InChI is InChI=1S/C13H16F2N2O3/c1-3-7(2)10(12(18)19)16-13(20)17-11-8(14)5-4-6-9(11)15/h4-7,10H,3H2,1-2H3,(H,18,19)(H2,16,17,20)/t7?,10-/m0/s1. The number of carboxylic acid groups (broad SMARTS) is 1. The molecular weight excluding hydrogens is 270 g/mol. The van der Waals surface area contributed by atoms with Crippen molar-refractivity contribution in [3.8, 4) is 0 Å². The smallest absolute Gasteiger partial charge is 0.326 e. The average Bonchev–Trinajstić information content (AvgIpc) is 2.39. The maximum absolute atomic E-state index is 13.3. The normalized spacial score (nSPS) is 13.4. The predicted molar refractivity (Wildman–Crippen MR) is 69.4 cm³/mol. The number of para-hydroxylation sites is 1. The first-order valence-corrected chi connectivity index (χ1v) is 6.11. The zero-order valence-electron chi connectivity index (χ0n) is 11.1. The van der Waals surface area contributed by atoms with Crippen molar-refractivity contribution >= 4 is 17.7 Å². The molecule has 0 heterocycles. The number of benzene rings is 1. The van der Waals surface area contributed by atoms with Gasteiger partial charge in [-0.15, -0.1) is 0 Å². The third-order valence-corrected chi connectivity index (χ3v) is 2.97. The van der Waals surface area contributed by atoms with Crippen molar-refractivity contribution < 1.29 is 23.5 Å². The quantitative estimate of drug-likeness (QED) is 0.778. The lowest BCUT2D eigenvalue weighted by Crippen LogP contribution is -2.46. The lowest BCUT2D eigenvalue weighted by atomic mass is 9.99. The lowest BCUT2D eigenvalue weighted by Gasteiger charge is -2.20. The first-order chi connectivity index (χ1) is 9.36. The van der Waals surface area contributed by atoms with Crippen LogP contribution in [0, 0.1) is 17.6 Å². The fourth-order valence-electron chi connectivity index (χ4n) is 1.59. The summed E-state index contributed by atoms with van der Waals surface area (Å²) >= 11 is 0. The number of aliphatic carboxylic acids is 1. The second-order valence-corrected chi connectivity index (χ2v) is 4.40. The van der Waals surface area contributed by atoms with Gasteiger partial charge in [0, 0.05) is 0 Å². The van der Waals surface area contributed by atoms with Gasteiger partial charge in [0.1, 0.15) is 23.4 Å². The van der Waals surface area contributed by atoms with E-state index in [-0.39, 0.29) is 5.92 Å². The second-order valence-electron chi connectivity index (χ2n) is 4.40. The van der Waals surface area contributed by atoms with Gasteiger partial charge in [0.25, 0.3) is 0 Å². The van der Waals surface area contributed by atoms with Crippen LogP contribution in [0.5, 0.6) is 0 Å². The van der Waals surface area contributed by atoms with E-state index in [9.17, 15) is 18.4 Å². The van der Waals surface area contributed by atoms with E-state index >= 15 is 0 Å². The van der Waals surface area contributed by atoms with Crippen LogP contribution in [0.15, 0.2) is 18.2 Å². The van der Waals surface area contributed by atoms with Crippen molar-refractivity contribution in [1.82, 2.24) is 5.32 Å². The zero-order valence-corrected chi connectivity index (χ0v) is 11.1. The Hall–Kier alpha value is -2.18. The summed E-state index contributed by atoms with van der Waals surface area (Å²) in [4.78, 5) is 22.7. The third-order valence-electron chi connectivity index (χ3n) is 2.97. The Morgan fingerprint density at radius 1 is 1.30 bits per heavy atom. The lowest BCUT2D eigenvalue weighted by molar-refractivity contribution is -0.140. The maximum atomic E-state index is 13.3. The Bertz CT molecular complexity index is 488. The molecular formula is C13H16F2N2O3. The van der Waals surface area contributed by atoms with Crippen LogP contribution in [-0.2, 0) is 4.79 Å². The molecule has 5 nitrogen and oxygen atoms in total. The highest BCUT2D eigenvalue weighted by molar-refractivity contribution is 5.92. The molecule has 0 aliphatic rings. The minimum Gasteiger partial charge on any atom is -0.480 e. The highest BCUT2D eigenvalue weighted by Gasteiger charge is 2.25. The van der Waals surface area contributed by atoms with Crippen LogP contribution in [0.25, 0.3) is 0 Å². The van der Waals surface area contributed by atoms with Crippen molar-refractivity contribution in [2.24, 2.45) is 5.92 Å². The SMILES string of the molecule is CCC(C)[C@H](NC(=O)Nc1c(F)cccc1F)C(=O)O. The fourth-order valence-corrected chi connectivity index (χ4v) is 1.59. The van der Waals surface area contributed by atoms with Crippen LogP contribution >= 0.6 is 0 Å². The van der Waals surface area contributed by atoms with Crippen LogP contribution in [0.1, 0.15) is 20.3 Å². The summed E-state index contributed by atoms with van der Waals surface area (Å²) in [6.07, 6.45) is 0.533. The van der Waals surface area contributed by atoms with Gasteiger partial charge < -0.3 is 15.7 Å². The molecule has 110 valence electrons. The summed E-state index contributed by atoms with van der Waals surface area (Å²) in [7, 11) is 0. The number of amides is 2. The molecule has 0 aliphatic heterocycles. The molecule has 1 aromatic carbocycles. The predicted octanol–water partition coefficient (Wildman–Crippen LogP) is 2.59. The summed E-state index contributed by atoms with van der Waals surface area (Å²) in [5.74, 6) is -3.39. The van der Waals surface area contributed by atoms with E-state index < -0.39 is 35.4 Å². The fraction of sp³-hybridized carbons (Fsp3) is 0.385. The van der Waals surface area contributed by atoms with E-state index in [4.69, 9.17) is 5.11 Å². The molecule has 0 radical (unpaired) electrons. The number of nitrogens with one attached hydrogen (secondary N) is 2. The molecule has 0 saturated carbocycles. The van der Waals surface area contributed by atoms with Gasteiger partial charge in [-0.2, -0.15) is 0 Å². The summed E-state index contributed by atoms with van der Waals surface area (Å²) < 4.78 is 26.7. The molecule has 0 aliphatic carbocycles. The topological polar surface area (TPSA) is 78.4 Å². The molecule has 2 atom stereocenters. The minimum atomic E-state index is -1.21. The Morgan fingerprint density at radius 3 is 2.30 bits per heavy atom. The van der Waals surface area contributed by atoms with E-state index in [1.165, 1.54) is 0 Å². The van der Waals surface area contributed by atoms with Gasteiger partial charge in [0.05, 0.1) is 0 Å². The number of halogens is 2. The monoisotopic (exact) mass is 286 g/mol. The van der Waals surface area contributed by atoms with Crippen molar-refractivity contribution in [2.45, 2.75) is 26.3 Å². The number of carboxylic acids is 1. The second kappa shape index (κ2) is 6.83. The van der Waals surface area contributed by atoms with Crippen LogP contribution < -0.4 is 10.6 Å². The van der Waals surface area contributed by atoms with Gasteiger partial charge in [-0.3, -0.25) is 0 Å². The Balaban J connectivity index is 2.79. The van der Waals surface area contributed by atoms with E-state index in [2.05, 4.69) is 5.32 Å². The number of hydrogen-bond donors (Lipinski definition) is 3. The summed E-state index contributed by atoms with van der Waals surface area (Å²) in [5.41, 5.74) is -0.613. The van der Waals surface area contributed by atoms with Crippen LogP contribution in [0.3, 0.4) is 0 Å². The van der Waals surface area contributed by atoms with Crippen molar-refractivity contribution in [2.75, 3.05) is 5.32 Å². The summed E-state index contributed by atoms with van der Waals surface area (Å²) in [6.45, 7) is 3.43. The zero-order chi connectivity index (χ0) is 15.3. The molecule has 1 aromatic rings. The number of urea groups is 1. The molecule has 0 aromatic heterocycles. The van der Waals surface area contributed by atoms with Gasteiger partial charge in [-0.1, -0.05) is 26.3 Å². The largest absolute Gasteiger partial charge is 0.480 e. The van der Waals surface area contributed by atoms with Gasteiger partial charge in [-0.25, -0.2) is 18.4 Å². The molecule has 2 amide bonds. The van der Waals surface area contributed by atoms with Gasteiger partial charge in [0.2, 0.25) is 0 Å². The third kappa shape index (κ3) is 3.91. The summed E-state index contributed by atoms with van der Waals surface area (Å²) in [6, 6.07) is 1.04. The van der Waals surface area contributed by atoms with Crippen LogP contribution in [0.2, 0.25) is 0 Å². The minimum absolute atomic E-state index is 0.316. The Morgan fingerprint density at radius 2 is 1.85 bits per heavy atom. The molecule has 0 bridgehead atoms. The molecule has 7 heteroatoms. The van der Waals surface area contributed by atoms with E-state index in [0.717, 1.165) is 18.2 Å².